The fraction of sp³-hybridized carbons (Fsp3) is 0.579. The normalized spacial score (nSPS) is 14.2. The Bertz CT molecular complexity index is 620. The van der Waals surface area contributed by atoms with Crippen LogP contribution in [0.1, 0.15) is 44.6 Å². The van der Waals surface area contributed by atoms with E-state index in [1.807, 2.05) is 13.0 Å². The number of hydrogen-bond acceptors (Lipinski definition) is 2. The maximum absolute atomic E-state index is 13.8. The van der Waals surface area contributed by atoms with Crippen LogP contribution < -0.4 is 16.0 Å². The topological polar surface area (TPSA) is 65.5 Å². The molecule has 0 aliphatic heterocycles. The van der Waals surface area contributed by atoms with Crippen LogP contribution in [0.25, 0.3) is 0 Å². The van der Waals surface area contributed by atoms with E-state index in [9.17, 15) is 9.18 Å². The SMILES string of the molecule is CCNC(=NCCCc1ccc(Br)cc1F)NCCCC(=O)NC1CC1. The second-order valence-electron chi connectivity index (χ2n) is 6.47. The van der Waals surface area contributed by atoms with E-state index in [0.717, 1.165) is 42.7 Å². The first-order valence-corrected chi connectivity index (χ1v) is 10.1. The van der Waals surface area contributed by atoms with Crippen LogP contribution >= 0.6 is 15.9 Å². The van der Waals surface area contributed by atoms with Crippen LogP contribution in [-0.4, -0.2) is 37.5 Å². The third-order valence-electron chi connectivity index (χ3n) is 4.05. The first-order valence-electron chi connectivity index (χ1n) is 9.34. The highest BCUT2D eigenvalue weighted by Crippen LogP contribution is 2.18. The summed E-state index contributed by atoms with van der Waals surface area (Å²) in [6.07, 6.45) is 4.97. The van der Waals surface area contributed by atoms with Gasteiger partial charge < -0.3 is 16.0 Å². The molecule has 0 spiro atoms. The van der Waals surface area contributed by atoms with Crippen molar-refractivity contribution in [2.24, 2.45) is 4.99 Å². The standard InChI is InChI=1S/C19H28BrFN4O/c1-2-22-19(24-12-4-6-18(26)25-16-9-10-16)23-11-3-5-14-7-8-15(20)13-17(14)21/h7-8,13,16H,2-6,9-12H2,1H3,(H,25,26)(H2,22,23,24). The zero-order valence-corrected chi connectivity index (χ0v) is 16.9. The Morgan fingerprint density at radius 1 is 1.31 bits per heavy atom. The molecule has 0 unspecified atom stereocenters. The molecule has 144 valence electrons. The van der Waals surface area contributed by atoms with Crippen LogP contribution in [0.2, 0.25) is 0 Å². The number of nitrogens with one attached hydrogen (secondary N) is 3. The molecule has 1 aromatic carbocycles. The van der Waals surface area contributed by atoms with E-state index in [4.69, 9.17) is 0 Å². The number of guanidine groups is 1. The van der Waals surface area contributed by atoms with Crippen molar-refractivity contribution in [3.8, 4) is 0 Å². The average molecular weight is 427 g/mol. The van der Waals surface area contributed by atoms with Crippen molar-refractivity contribution in [3.05, 3.63) is 34.1 Å². The molecule has 0 saturated heterocycles. The largest absolute Gasteiger partial charge is 0.357 e. The van der Waals surface area contributed by atoms with Gasteiger partial charge in [0.25, 0.3) is 0 Å². The molecule has 2 rings (SSSR count). The number of hydrogen-bond donors (Lipinski definition) is 3. The van der Waals surface area contributed by atoms with Crippen molar-refractivity contribution in [2.45, 2.75) is 51.5 Å². The van der Waals surface area contributed by atoms with Crippen LogP contribution in [0.15, 0.2) is 27.7 Å². The van der Waals surface area contributed by atoms with Crippen molar-refractivity contribution in [3.63, 3.8) is 0 Å². The molecule has 0 aromatic heterocycles. The third-order valence-corrected chi connectivity index (χ3v) is 4.54. The van der Waals surface area contributed by atoms with Gasteiger partial charge in [-0.3, -0.25) is 9.79 Å². The molecule has 3 N–H and O–H groups in total. The van der Waals surface area contributed by atoms with Gasteiger partial charge in [0.15, 0.2) is 5.96 Å². The predicted molar refractivity (Wildman–Crippen MR) is 107 cm³/mol. The van der Waals surface area contributed by atoms with Crippen molar-refractivity contribution in [2.75, 3.05) is 19.6 Å². The second-order valence-corrected chi connectivity index (χ2v) is 7.39. The first-order chi connectivity index (χ1) is 12.6. The number of carbonyl (C=O) groups excluding carboxylic acids is 1. The average Bonchev–Trinajstić information content (AvgIpc) is 3.40. The van der Waals surface area contributed by atoms with Gasteiger partial charge in [-0.2, -0.15) is 0 Å². The molecule has 0 atom stereocenters. The summed E-state index contributed by atoms with van der Waals surface area (Å²) in [4.78, 5) is 16.2. The molecule has 0 bridgehead atoms. The summed E-state index contributed by atoms with van der Waals surface area (Å²) in [5, 5.41) is 9.42. The summed E-state index contributed by atoms with van der Waals surface area (Å²) in [7, 11) is 0. The number of aryl methyl sites for hydroxylation is 1. The number of benzene rings is 1. The first kappa shape index (κ1) is 20.7. The number of carbonyl (C=O) groups is 1. The van der Waals surface area contributed by atoms with Crippen LogP contribution in [0.4, 0.5) is 4.39 Å². The monoisotopic (exact) mass is 426 g/mol. The molecule has 1 aliphatic rings. The van der Waals surface area contributed by atoms with Gasteiger partial charge in [-0.25, -0.2) is 4.39 Å². The second kappa shape index (κ2) is 11.2. The molecule has 5 nitrogen and oxygen atoms in total. The zero-order valence-electron chi connectivity index (χ0n) is 15.3. The van der Waals surface area contributed by atoms with E-state index in [0.29, 0.717) is 37.5 Å². The molecule has 1 aromatic rings. The molecule has 0 radical (unpaired) electrons. The minimum atomic E-state index is -0.183. The molecule has 1 saturated carbocycles. The maximum Gasteiger partial charge on any atom is 0.220 e. The van der Waals surface area contributed by atoms with Gasteiger partial charge >= 0.3 is 0 Å². The molecular weight excluding hydrogens is 399 g/mol. The highest BCUT2D eigenvalue weighted by Gasteiger charge is 2.22. The highest BCUT2D eigenvalue weighted by atomic mass is 79.9. The Labute approximate surface area is 163 Å². The zero-order chi connectivity index (χ0) is 18.8. The van der Waals surface area contributed by atoms with Gasteiger partial charge in [0.05, 0.1) is 0 Å². The number of halogens is 2. The predicted octanol–water partition coefficient (Wildman–Crippen LogP) is 3.13. The van der Waals surface area contributed by atoms with Gasteiger partial charge in [0.2, 0.25) is 5.91 Å². The number of rotatable bonds is 10. The lowest BCUT2D eigenvalue weighted by atomic mass is 10.1. The molecule has 7 heteroatoms. The van der Waals surface area contributed by atoms with E-state index in [2.05, 4.69) is 36.9 Å². The fourth-order valence-corrected chi connectivity index (χ4v) is 2.84. The minimum Gasteiger partial charge on any atom is -0.357 e. The van der Waals surface area contributed by atoms with Crippen molar-refractivity contribution >= 4 is 27.8 Å². The van der Waals surface area contributed by atoms with Gasteiger partial charge in [-0.1, -0.05) is 22.0 Å². The lowest BCUT2D eigenvalue weighted by molar-refractivity contribution is -0.121. The van der Waals surface area contributed by atoms with E-state index >= 15 is 0 Å². The Morgan fingerprint density at radius 3 is 2.81 bits per heavy atom. The van der Waals surface area contributed by atoms with Crippen molar-refractivity contribution < 1.29 is 9.18 Å². The van der Waals surface area contributed by atoms with Crippen molar-refractivity contribution in [1.82, 2.24) is 16.0 Å². The van der Waals surface area contributed by atoms with Crippen LogP contribution in [0.3, 0.4) is 0 Å². The Balaban J connectivity index is 1.65. The summed E-state index contributed by atoms with van der Waals surface area (Å²) >= 11 is 3.26. The summed E-state index contributed by atoms with van der Waals surface area (Å²) in [6, 6.07) is 5.57. The number of nitrogens with zero attached hydrogens (tertiary/aromatic N) is 1. The van der Waals surface area contributed by atoms with Gasteiger partial charge in [-0.05, 0) is 56.7 Å². The molecular formula is C19H28BrFN4O. The Kier molecular flexibility index (Phi) is 8.88. The Hall–Kier alpha value is -1.63. The van der Waals surface area contributed by atoms with Gasteiger partial charge in [0.1, 0.15) is 5.82 Å². The van der Waals surface area contributed by atoms with Gasteiger partial charge in [-0.15, -0.1) is 0 Å². The van der Waals surface area contributed by atoms with E-state index < -0.39 is 0 Å². The Morgan fingerprint density at radius 2 is 2.12 bits per heavy atom. The van der Waals surface area contributed by atoms with Crippen LogP contribution in [0, 0.1) is 5.82 Å². The summed E-state index contributed by atoms with van der Waals surface area (Å²) in [5.74, 6) is 0.692. The molecule has 1 aliphatic carbocycles. The lowest BCUT2D eigenvalue weighted by Gasteiger charge is -2.11. The fourth-order valence-electron chi connectivity index (χ4n) is 2.51. The molecule has 0 heterocycles. The molecule has 26 heavy (non-hydrogen) atoms. The van der Waals surface area contributed by atoms with Crippen molar-refractivity contribution in [1.29, 1.82) is 0 Å². The molecule has 1 fully saturated rings. The highest BCUT2D eigenvalue weighted by molar-refractivity contribution is 9.10. The minimum absolute atomic E-state index is 0.132. The summed E-state index contributed by atoms with van der Waals surface area (Å²) < 4.78 is 14.5. The van der Waals surface area contributed by atoms with E-state index in [1.54, 1.807) is 6.07 Å². The smallest absolute Gasteiger partial charge is 0.220 e. The van der Waals surface area contributed by atoms with E-state index in [-0.39, 0.29) is 11.7 Å². The van der Waals surface area contributed by atoms with Crippen LogP contribution in [0.5, 0.6) is 0 Å². The quantitative estimate of drug-likeness (QED) is 0.305. The molecule has 1 amide bonds. The van der Waals surface area contributed by atoms with E-state index in [1.165, 1.54) is 6.07 Å². The maximum atomic E-state index is 13.8. The summed E-state index contributed by atoms with van der Waals surface area (Å²) in [6.45, 7) is 4.10. The number of amides is 1. The number of aliphatic imine (C=N–C) groups is 1. The van der Waals surface area contributed by atoms with Gasteiger partial charge in [0, 0.05) is 36.6 Å². The lowest BCUT2D eigenvalue weighted by Crippen LogP contribution is -2.38. The summed E-state index contributed by atoms with van der Waals surface area (Å²) in [5.41, 5.74) is 0.711. The van der Waals surface area contributed by atoms with Crippen LogP contribution in [-0.2, 0) is 11.2 Å². The third kappa shape index (κ3) is 8.17.